The highest BCUT2D eigenvalue weighted by molar-refractivity contribution is 5.20. The lowest BCUT2D eigenvalue weighted by Gasteiger charge is -2.39. The number of hydrogen-bond acceptors (Lipinski definition) is 2. The first kappa shape index (κ1) is 26.1. The summed E-state index contributed by atoms with van der Waals surface area (Å²) in [6.45, 7) is 25.6. The van der Waals surface area contributed by atoms with Gasteiger partial charge in [-0.25, -0.2) is 0 Å². The first-order valence-electron chi connectivity index (χ1n) is 11.2. The molecule has 0 saturated heterocycles. The van der Waals surface area contributed by atoms with Gasteiger partial charge in [0.05, 0.1) is 6.17 Å². The van der Waals surface area contributed by atoms with Gasteiger partial charge < -0.3 is 0 Å². The van der Waals surface area contributed by atoms with Crippen LogP contribution in [0.4, 0.5) is 0 Å². The predicted octanol–water partition coefficient (Wildman–Crippen LogP) is 6.81. The van der Waals surface area contributed by atoms with E-state index in [4.69, 9.17) is 0 Å². The van der Waals surface area contributed by atoms with Crippen molar-refractivity contribution in [1.82, 2.24) is 10.2 Å². The van der Waals surface area contributed by atoms with E-state index < -0.39 is 0 Å². The molecule has 0 fully saturated rings. The van der Waals surface area contributed by atoms with Crippen LogP contribution in [0.15, 0.2) is 36.5 Å². The van der Waals surface area contributed by atoms with Crippen molar-refractivity contribution in [1.29, 1.82) is 0 Å². The highest BCUT2D eigenvalue weighted by atomic mass is 15.3. The molecule has 158 valence electrons. The van der Waals surface area contributed by atoms with Crippen LogP contribution in [0.3, 0.4) is 0 Å². The van der Waals surface area contributed by atoms with Gasteiger partial charge in [0.15, 0.2) is 0 Å². The number of rotatable bonds is 15. The van der Waals surface area contributed by atoms with Gasteiger partial charge in [-0.3, -0.25) is 10.2 Å². The summed E-state index contributed by atoms with van der Waals surface area (Å²) >= 11 is 0. The normalized spacial score (nSPS) is 15.7. The molecule has 0 radical (unpaired) electrons. The second-order valence-corrected chi connectivity index (χ2v) is 8.58. The summed E-state index contributed by atoms with van der Waals surface area (Å²) in [5, 5.41) is 3.63. The topological polar surface area (TPSA) is 15.3 Å². The maximum Gasteiger partial charge on any atom is 0.0570 e. The second-order valence-electron chi connectivity index (χ2n) is 8.58. The van der Waals surface area contributed by atoms with Gasteiger partial charge >= 0.3 is 0 Å². The molecule has 0 aliphatic rings. The smallest absolute Gasteiger partial charge is 0.0570 e. The lowest BCUT2D eigenvalue weighted by molar-refractivity contribution is 0.113. The first-order valence-corrected chi connectivity index (χ1v) is 11.2. The molecule has 0 aromatic rings. The van der Waals surface area contributed by atoms with E-state index in [-0.39, 0.29) is 0 Å². The van der Waals surface area contributed by atoms with Crippen LogP contribution in [0.2, 0.25) is 0 Å². The minimum atomic E-state index is 0.405. The van der Waals surface area contributed by atoms with Gasteiger partial charge in [-0.1, -0.05) is 90.8 Å². The van der Waals surface area contributed by atoms with Gasteiger partial charge in [0.1, 0.15) is 0 Å². The summed E-state index contributed by atoms with van der Waals surface area (Å²) in [7, 11) is 0. The highest BCUT2D eigenvalue weighted by Gasteiger charge is 2.31. The zero-order valence-corrected chi connectivity index (χ0v) is 19.6. The molecule has 0 saturated carbocycles. The molecule has 0 heterocycles. The Hall–Kier alpha value is -0.860. The van der Waals surface area contributed by atoms with Crippen LogP contribution in [-0.4, -0.2) is 30.7 Å². The molecule has 0 aliphatic heterocycles. The Morgan fingerprint density at radius 2 is 1.74 bits per heavy atom. The van der Waals surface area contributed by atoms with Crippen molar-refractivity contribution in [3.8, 4) is 0 Å². The van der Waals surface area contributed by atoms with Crippen LogP contribution in [-0.2, 0) is 0 Å². The fourth-order valence-corrected chi connectivity index (χ4v) is 4.25. The summed E-state index contributed by atoms with van der Waals surface area (Å²) in [5.74, 6) is 1.54. The Morgan fingerprint density at radius 1 is 1.11 bits per heavy atom. The molecular weight excluding hydrogens is 328 g/mol. The fourth-order valence-electron chi connectivity index (χ4n) is 4.25. The quantitative estimate of drug-likeness (QED) is 0.249. The van der Waals surface area contributed by atoms with Gasteiger partial charge in [-0.05, 0) is 57.0 Å². The Kier molecular flexibility index (Phi) is 13.7. The fraction of sp³-hybridized carbons (Fsp3) is 0.760. The third kappa shape index (κ3) is 9.76. The molecule has 0 bridgehead atoms. The lowest BCUT2D eigenvalue weighted by atomic mass is 9.67. The van der Waals surface area contributed by atoms with Crippen LogP contribution in [0.1, 0.15) is 81.1 Å². The Labute approximate surface area is 171 Å². The molecule has 0 amide bonds. The van der Waals surface area contributed by atoms with Crippen molar-refractivity contribution in [2.75, 3.05) is 19.6 Å². The Bertz CT molecular complexity index is 443. The summed E-state index contributed by atoms with van der Waals surface area (Å²) in [6.07, 6.45) is 13.9. The average Bonchev–Trinajstić information content (AvgIpc) is 2.63. The van der Waals surface area contributed by atoms with Crippen molar-refractivity contribution < 1.29 is 0 Å². The summed E-state index contributed by atoms with van der Waals surface area (Å²) < 4.78 is 0. The van der Waals surface area contributed by atoms with E-state index >= 15 is 0 Å². The SMILES string of the molecule is C=C/C=C(C)\C=C/CNC(C)N(CC)CCC(C)CC(CC)(CC)C(C)C. The van der Waals surface area contributed by atoms with E-state index in [1.54, 1.807) is 0 Å². The first-order chi connectivity index (χ1) is 12.8. The molecule has 2 unspecified atom stereocenters. The standard InChI is InChI=1S/C25H48N2/c1-10-15-22(7)16-14-18-26-24(9)27(13-4)19-17-23(8)20-25(11-2,12-3)21(5)6/h10,14-16,21,23-24,26H,1,11-13,17-20H2,2-9H3/b16-14-,22-15-. The largest absolute Gasteiger partial charge is 0.298 e. The van der Waals surface area contributed by atoms with E-state index in [9.17, 15) is 0 Å². The average molecular weight is 377 g/mol. The molecule has 0 spiro atoms. The van der Waals surface area contributed by atoms with Crippen molar-refractivity contribution in [2.24, 2.45) is 17.3 Å². The summed E-state index contributed by atoms with van der Waals surface area (Å²) in [6, 6.07) is 0. The summed E-state index contributed by atoms with van der Waals surface area (Å²) in [4.78, 5) is 2.56. The number of allylic oxidation sites excluding steroid dienone is 4. The third-order valence-electron chi connectivity index (χ3n) is 6.54. The molecule has 2 heteroatoms. The van der Waals surface area contributed by atoms with Crippen LogP contribution in [0, 0.1) is 17.3 Å². The van der Waals surface area contributed by atoms with Gasteiger partial charge in [-0.15, -0.1) is 0 Å². The van der Waals surface area contributed by atoms with Crippen LogP contribution >= 0.6 is 0 Å². The van der Waals surface area contributed by atoms with Crippen molar-refractivity contribution in [3.63, 3.8) is 0 Å². The van der Waals surface area contributed by atoms with E-state index in [0.29, 0.717) is 11.6 Å². The van der Waals surface area contributed by atoms with Crippen molar-refractivity contribution in [2.45, 2.75) is 87.2 Å². The third-order valence-corrected chi connectivity index (χ3v) is 6.54. The molecule has 2 atom stereocenters. The van der Waals surface area contributed by atoms with E-state index in [1.807, 2.05) is 12.2 Å². The minimum absolute atomic E-state index is 0.405. The molecule has 1 N–H and O–H groups in total. The molecule has 27 heavy (non-hydrogen) atoms. The van der Waals surface area contributed by atoms with Crippen molar-refractivity contribution in [3.05, 3.63) is 36.5 Å². The maximum atomic E-state index is 3.74. The summed E-state index contributed by atoms with van der Waals surface area (Å²) in [5.41, 5.74) is 1.75. The Morgan fingerprint density at radius 3 is 2.22 bits per heavy atom. The molecule has 0 aromatic heterocycles. The van der Waals surface area contributed by atoms with E-state index in [2.05, 4.69) is 84.3 Å². The monoisotopic (exact) mass is 376 g/mol. The highest BCUT2D eigenvalue weighted by Crippen LogP contribution is 2.41. The molecular formula is C25H48N2. The lowest BCUT2D eigenvalue weighted by Crippen LogP contribution is -2.44. The van der Waals surface area contributed by atoms with E-state index in [1.165, 1.54) is 37.8 Å². The van der Waals surface area contributed by atoms with Crippen LogP contribution in [0.5, 0.6) is 0 Å². The molecule has 0 aliphatic carbocycles. The number of hydrogen-bond donors (Lipinski definition) is 1. The Balaban J connectivity index is 4.50. The van der Waals surface area contributed by atoms with Gasteiger partial charge in [0.25, 0.3) is 0 Å². The van der Waals surface area contributed by atoms with Gasteiger partial charge in [-0.2, -0.15) is 0 Å². The zero-order valence-electron chi connectivity index (χ0n) is 19.6. The van der Waals surface area contributed by atoms with Gasteiger partial charge in [0, 0.05) is 6.54 Å². The molecule has 0 rings (SSSR count). The predicted molar refractivity (Wildman–Crippen MR) is 124 cm³/mol. The van der Waals surface area contributed by atoms with Crippen LogP contribution in [0.25, 0.3) is 0 Å². The molecule has 2 nitrogen and oxygen atoms in total. The molecule has 0 aromatic carbocycles. The van der Waals surface area contributed by atoms with Crippen LogP contribution < -0.4 is 5.32 Å². The number of nitrogens with one attached hydrogen (secondary N) is 1. The van der Waals surface area contributed by atoms with Crippen molar-refractivity contribution >= 4 is 0 Å². The number of nitrogens with zero attached hydrogens (tertiary/aromatic N) is 1. The maximum absolute atomic E-state index is 3.74. The van der Waals surface area contributed by atoms with E-state index in [0.717, 1.165) is 24.9 Å². The van der Waals surface area contributed by atoms with Gasteiger partial charge in [0.2, 0.25) is 0 Å². The second kappa shape index (κ2) is 14.2. The minimum Gasteiger partial charge on any atom is -0.298 e. The zero-order chi connectivity index (χ0) is 20.9.